The second-order valence-electron chi connectivity index (χ2n) is 1.74. The first kappa shape index (κ1) is 7.66. The fourth-order valence-electron chi connectivity index (χ4n) is 0.366. The summed E-state index contributed by atoms with van der Waals surface area (Å²) in [6.07, 6.45) is 3.81. The number of nitrogens with two attached hydrogens (primary N) is 1. The second kappa shape index (κ2) is 4.81. The van der Waals surface area contributed by atoms with Gasteiger partial charge in [0.05, 0.1) is 6.61 Å². The third kappa shape index (κ3) is 5.66. The minimum atomic E-state index is 0.144. The molecule has 1 unspecified atom stereocenters. The van der Waals surface area contributed by atoms with E-state index in [0.29, 0.717) is 6.61 Å². The summed E-state index contributed by atoms with van der Waals surface area (Å²) in [6.45, 7) is 2.58. The summed E-state index contributed by atoms with van der Waals surface area (Å²) < 4.78 is 4.75. The molecular weight excluding hydrogens is 102 g/mol. The lowest BCUT2D eigenvalue weighted by atomic mass is 10.3. The molecule has 0 bridgehead atoms. The molecule has 0 aromatic carbocycles. The molecule has 8 heavy (non-hydrogen) atoms. The van der Waals surface area contributed by atoms with Crippen LogP contribution in [0.5, 0.6) is 0 Å². The van der Waals surface area contributed by atoms with E-state index in [0.717, 1.165) is 0 Å². The zero-order valence-electron chi connectivity index (χ0n) is 5.42. The largest absolute Gasteiger partial charge is 0.381 e. The van der Waals surface area contributed by atoms with E-state index >= 15 is 0 Å². The van der Waals surface area contributed by atoms with Gasteiger partial charge in [0.2, 0.25) is 0 Å². The fourth-order valence-corrected chi connectivity index (χ4v) is 0.366. The van der Waals surface area contributed by atoms with Crippen molar-refractivity contribution < 1.29 is 4.74 Å². The van der Waals surface area contributed by atoms with Crippen LogP contribution in [0.4, 0.5) is 0 Å². The SMILES string of the molecule is COC/C=C/C(C)N. The van der Waals surface area contributed by atoms with Crippen molar-refractivity contribution in [2.45, 2.75) is 13.0 Å². The zero-order valence-corrected chi connectivity index (χ0v) is 5.42. The van der Waals surface area contributed by atoms with Crippen LogP contribution in [0.3, 0.4) is 0 Å². The highest BCUT2D eigenvalue weighted by atomic mass is 16.5. The molecule has 0 aliphatic rings. The first-order valence-corrected chi connectivity index (χ1v) is 2.68. The van der Waals surface area contributed by atoms with Crippen LogP contribution in [0.2, 0.25) is 0 Å². The van der Waals surface area contributed by atoms with Crippen LogP contribution in [-0.4, -0.2) is 19.8 Å². The smallest absolute Gasteiger partial charge is 0.0644 e. The van der Waals surface area contributed by atoms with Gasteiger partial charge in [-0.2, -0.15) is 0 Å². The molecule has 0 aliphatic carbocycles. The van der Waals surface area contributed by atoms with Gasteiger partial charge >= 0.3 is 0 Å². The molecule has 0 fully saturated rings. The molecule has 0 radical (unpaired) electrons. The summed E-state index contributed by atoms with van der Waals surface area (Å²) in [4.78, 5) is 0. The second-order valence-corrected chi connectivity index (χ2v) is 1.74. The predicted octanol–water partition coefficient (Wildman–Crippen LogP) is 0.536. The van der Waals surface area contributed by atoms with Crippen LogP contribution in [0.1, 0.15) is 6.92 Å². The molecule has 1 atom stereocenters. The highest BCUT2D eigenvalue weighted by Gasteiger charge is 1.79. The maximum Gasteiger partial charge on any atom is 0.0644 e. The number of rotatable bonds is 3. The van der Waals surface area contributed by atoms with E-state index in [-0.39, 0.29) is 6.04 Å². The first-order valence-electron chi connectivity index (χ1n) is 2.68. The van der Waals surface area contributed by atoms with Gasteiger partial charge in [-0.3, -0.25) is 0 Å². The fraction of sp³-hybridized carbons (Fsp3) is 0.667. The summed E-state index contributed by atoms with van der Waals surface area (Å²) >= 11 is 0. The van der Waals surface area contributed by atoms with E-state index in [1.54, 1.807) is 7.11 Å². The summed E-state index contributed by atoms with van der Waals surface area (Å²) in [5.74, 6) is 0. The standard InChI is InChI=1S/C6H13NO/c1-6(7)4-3-5-8-2/h3-4,6H,5,7H2,1-2H3/b4-3+. The van der Waals surface area contributed by atoms with Crippen LogP contribution < -0.4 is 5.73 Å². The van der Waals surface area contributed by atoms with Crippen molar-refractivity contribution in [2.24, 2.45) is 5.73 Å². The predicted molar refractivity (Wildman–Crippen MR) is 34.7 cm³/mol. The molecule has 0 rings (SSSR count). The number of hydrogen-bond donors (Lipinski definition) is 1. The van der Waals surface area contributed by atoms with Gasteiger partial charge in [-0.05, 0) is 6.92 Å². The molecule has 2 heteroatoms. The molecule has 0 aliphatic heterocycles. The zero-order chi connectivity index (χ0) is 6.41. The molecule has 2 nitrogen and oxygen atoms in total. The van der Waals surface area contributed by atoms with Gasteiger partial charge in [0.1, 0.15) is 0 Å². The van der Waals surface area contributed by atoms with Gasteiger partial charge in [0, 0.05) is 13.2 Å². The lowest BCUT2D eigenvalue weighted by molar-refractivity contribution is 0.233. The van der Waals surface area contributed by atoms with Crippen molar-refractivity contribution in [3.05, 3.63) is 12.2 Å². The maximum absolute atomic E-state index is 5.39. The molecule has 0 aromatic heterocycles. The molecule has 2 N–H and O–H groups in total. The highest BCUT2D eigenvalue weighted by molar-refractivity contribution is 4.88. The van der Waals surface area contributed by atoms with Crippen molar-refractivity contribution >= 4 is 0 Å². The van der Waals surface area contributed by atoms with Gasteiger partial charge in [0.25, 0.3) is 0 Å². The van der Waals surface area contributed by atoms with Crippen molar-refractivity contribution in [3.8, 4) is 0 Å². The molecule has 0 heterocycles. The van der Waals surface area contributed by atoms with Gasteiger partial charge in [-0.1, -0.05) is 12.2 Å². The van der Waals surface area contributed by atoms with Crippen molar-refractivity contribution in [1.29, 1.82) is 0 Å². The molecule has 0 amide bonds. The van der Waals surface area contributed by atoms with Crippen LogP contribution >= 0.6 is 0 Å². The molecular formula is C6H13NO. The van der Waals surface area contributed by atoms with E-state index in [1.807, 2.05) is 19.1 Å². The average Bonchev–Trinajstić information content (AvgIpc) is 1.66. The summed E-state index contributed by atoms with van der Waals surface area (Å²) in [5.41, 5.74) is 5.39. The van der Waals surface area contributed by atoms with Crippen LogP contribution in [0.25, 0.3) is 0 Å². The van der Waals surface area contributed by atoms with E-state index in [1.165, 1.54) is 0 Å². The van der Waals surface area contributed by atoms with Crippen molar-refractivity contribution in [1.82, 2.24) is 0 Å². The Bertz CT molecular complexity index is 68.9. The average molecular weight is 115 g/mol. The third-order valence-electron chi connectivity index (χ3n) is 0.703. The Labute approximate surface area is 50.3 Å². The van der Waals surface area contributed by atoms with E-state index < -0.39 is 0 Å². The van der Waals surface area contributed by atoms with Crippen LogP contribution in [-0.2, 0) is 4.74 Å². The van der Waals surface area contributed by atoms with Crippen molar-refractivity contribution in [3.63, 3.8) is 0 Å². The Morgan fingerprint density at radius 3 is 2.75 bits per heavy atom. The Balaban J connectivity index is 3.07. The van der Waals surface area contributed by atoms with Gasteiger partial charge in [-0.25, -0.2) is 0 Å². The quantitative estimate of drug-likeness (QED) is 0.545. The van der Waals surface area contributed by atoms with Crippen molar-refractivity contribution in [2.75, 3.05) is 13.7 Å². The Hall–Kier alpha value is -0.340. The molecule has 0 saturated carbocycles. The molecule has 48 valence electrons. The first-order chi connectivity index (χ1) is 3.77. The van der Waals surface area contributed by atoms with Gasteiger partial charge in [-0.15, -0.1) is 0 Å². The number of ether oxygens (including phenoxy) is 1. The summed E-state index contributed by atoms with van der Waals surface area (Å²) in [5, 5.41) is 0. The normalized spacial score (nSPS) is 14.9. The number of methoxy groups -OCH3 is 1. The highest BCUT2D eigenvalue weighted by Crippen LogP contribution is 1.78. The monoisotopic (exact) mass is 115 g/mol. The number of hydrogen-bond acceptors (Lipinski definition) is 2. The summed E-state index contributed by atoms with van der Waals surface area (Å²) in [6, 6.07) is 0.144. The van der Waals surface area contributed by atoms with Crippen LogP contribution in [0.15, 0.2) is 12.2 Å². The van der Waals surface area contributed by atoms with Crippen LogP contribution in [0, 0.1) is 0 Å². The van der Waals surface area contributed by atoms with Gasteiger partial charge in [0.15, 0.2) is 0 Å². The lowest BCUT2D eigenvalue weighted by Crippen LogP contribution is -2.10. The summed E-state index contributed by atoms with van der Waals surface area (Å²) in [7, 11) is 1.66. The van der Waals surface area contributed by atoms with E-state index in [9.17, 15) is 0 Å². The van der Waals surface area contributed by atoms with E-state index in [2.05, 4.69) is 0 Å². The molecule has 0 aromatic rings. The molecule has 0 spiro atoms. The minimum Gasteiger partial charge on any atom is -0.381 e. The lowest BCUT2D eigenvalue weighted by Gasteiger charge is -1.92. The third-order valence-corrected chi connectivity index (χ3v) is 0.703. The van der Waals surface area contributed by atoms with Gasteiger partial charge < -0.3 is 10.5 Å². The Kier molecular flexibility index (Phi) is 4.61. The minimum absolute atomic E-state index is 0.144. The Morgan fingerprint density at radius 1 is 1.75 bits per heavy atom. The topological polar surface area (TPSA) is 35.2 Å². The molecule has 0 saturated heterocycles. The Morgan fingerprint density at radius 2 is 2.38 bits per heavy atom. The van der Waals surface area contributed by atoms with E-state index in [4.69, 9.17) is 10.5 Å². The maximum atomic E-state index is 5.39.